The molecule has 1 aliphatic rings. The van der Waals surface area contributed by atoms with Crippen LogP contribution < -0.4 is 9.47 Å². The van der Waals surface area contributed by atoms with Crippen LogP contribution in [0.2, 0.25) is 5.02 Å². The van der Waals surface area contributed by atoms with Gasteiger partial charge in [-0.15, -0.1) is 11.3 Å². The Morgan fingerprint density at radius 1 is 1.09 bits per heavy atom. The van der Waals surface area contributed by atoms with Gasteiger partial charge < -0.3 is 18.8 Å². The Kier molecular flexibility index (Phi) is 5.15. The summed E-state index contributed by atoms with van der Waals surface area (Å²) >= 11 is 7.60. The minimum absolute atomic E-state index is 0.196. The lowest BCUT2D eigenvalue weighted by Crippen LogP contribution is -2.14. The lowest BCUT2D eigenvalue weighted by Gasteiger charge is -2.11. The van der Waals surface area contributed by atoms with E-state index in [1.54, 1.807) is 6.07 Å². The van der Waals surface area contributed by atoms with Crippen molar-refractivity contribution in [3.63, 3.8) is 0 Å². The largest absolute Gasteiger partial charge is 0.454 e. The molecule has 32 heavy (non-hydrogen) atoms. The van der Waals surface area contributed by atoms with E-state index in [1.807, 2.05) is 60.9 Å². The third kappa shape index (κ3) is 3.43. The maximum atomic E-state index is 12.9. The Morgan fingerprint density at radius 3 is 2.69 bits per heavy atom. The van der Waals surface area contributed by atoms with E-state index in [0.717, 1.165) is 27.2 Å². The molecule has 1 aliphatic heterocycles. The number of ether oxygens (including phenoxy) is 3. The van der Waals surface area contributed by atoms with Crippen LogP contribution in [0.25, 0.3) is 15.8 Å². The van der Waals surface area contributed by atoms with Gasteiger partial charge in [0.15, 0.2) is 18.1 Å². The van der Waals surface area contributed by atoms with Crippen molar-refractivity contribution in [2.24, 2.45) is 0 Å². The molecule has 0 spiro atoms. The van der Waals surface area contributed by atoms with Crippen molar-refractivity contribution in [1.29, 1.82) is 0 Å². The zero-order valence-electron chi connectivity index (χ0n) is 17.3. The number of esters is 1. The Balaban J connectivity index is 1.35. The van der Waals surface area contributed by atoms with Crippen molar-refractivity contribution in [2.75, 3.05) is 13.4 Å². The number of hydrogen-bond acceptors (Lipinski definition) is 6. The molecule has 0 unspecified atom stereocenters. The molecule has 162 valence electrons. The monoisotopic (exact) mass is 467 g/mol. The summed E-state index contributed by atoms with van der Waals surface area (Å²) in [6, 6.07) is 14.9. The number of thiophene rings is 1. The first-order chi connectivity index (χ1) is 15.4. The smallest absolute Gasteiger partial charge is 0.350 e. The number of nitrogens with zero attached hydrogens (tertiary/aromatic N) is 1. The summed E-state index contributed by atoms with van der Waals surface area (Å²) in [5.41, 5.74) is 2.98. The predicted molar refractivity (Wildman–Crippen MR) is 123 cm³/mol. The van der Waals surface area contributed by atoms with E-state index in [-0.39, 0.29) is 19.2 Å². The molecule has 4 aromatic rings. The van der Waals surface area contributed by atoms with Crippen molar-refractivity contribution in [3.05, 3.63) is 75.4 Å². The highest BCUT2D eigenvalue weighted by molar-refractivity contribution is 7.21. The van der Waals surface area contributed by atoms with E-state index >= 15 is 0 Å². The van der Waals surface area contributed by atoms with E-state index in [2.05, 4.69) is 0 Å². The maximum Gasteiger partial charge on any atom is 0.350 e. The van der Waals surface area contributed by atoms with Crippen LogP contribution in [0.3, 0.4) is 0 Å². The van der Waals surface area contributed by atoms with Crippen LogP contribution in [0.15, 0.2) is 48.5 Å². The molecule has 0 fully saturated rings. The quantitative estimate of drug-likeness (QED) is 0.277. The van der Waals surface area contributed by atoms with Gasteiger partial charge in [-0.05, 0) is 38.1 Å². The van der Waals surface area contributed by atoms with Crippen molar-refractivity contribution < 1.29 is 23.8 Å². The molecule has 0 radical (unpaired) electrons. The van der Waals surface area contributed by atoms with Gasteiger partial charge in [0.05, 0.1) is 5.02 Å². The minimum atomic E-state index is -0.603. The normalized spacial score (nSPS) is 12.3. The van der Waals surface area contributed by atoms with Crippen molar-refractivity contribution in [3.8, 4) is 17.2 Å². The number of carbonyl (C=O) groups excluding carboxylic acids is 2. The summed E-state index contributed by atoms with van der Waals surface area (Å²) in [5.74, 6) is 0.473. The number of aryl methyl sites for hydroxylation is 1. The molecule has 6 nitrogen and oxygen atoms in total. The molecule has 0 saturated heterocycles. The van der Waals surface area contributed by atoms with E-state index in [1.165, 1.54) is 11.3 Å². The molecule has 2 aromatic heterocycles. The Bertz CT molecular complexity index is 1390. The number of benzene rings is 2. The van der Waals surface area contributed by atoms with Gasteiger partial charge in [0.1, 0.15) is 4.88 Å². The lowest BCUT2D eigenvalue weighted by atomic mass is 10.1. The third-order valence-electron chi connectivity index (χ3n) is 5.40. The van der Waals surface area contributed by atoms with Gasteiger partial charge in [-0.1, -0.05) is 29.8 Å². The van der Waals surface area contributed by atoms with Gasteiger partial charge in [0.25, 0.3) is 0 Å². The third-order valence-corrected chi connectivity index (χ3v) is 7.06. The minimum Gasteiger partial charge on any atom is -0.454 e. The van der Waals surface area contributed by atoms with Gasteiger partial charge >= 0.3 is 5.97 Å². The molecule has 2 aromatic carbocycles. The summed E-state index contributed by atoms with van der Waals surface area (Å²) in [7, 11) is 0. The van der Waals surface area contributed by atoms with E-state index in [9.17, 15) is 9.59 Å². The number of fused-ring (bicyclic) bond motifs is 2. The van der Waals surface area contributed by atoms with E-state index in [0.29, 0.717) is 27.0 Å². The van der Waals surface area contributed by atoms with Crippen LogP contribution in [0.1, 0.15) is 31.4 Å². The highest BCUT2D eigenvalue weighted by Gasteiger charge is 2.22. The second-order valence-corrected chi connectivity index (χ2v) is 8.83. The average molecular weight is 468 g/mol. The number of carbonyl (C=O) groups is 2. The Hall–Kier alpha value is -3.29. The van der Waals surface area contributed by atoms with Gasteiger partial charge in [-0.25, -0.2) is 4.79 Å². The van der Waals surface area contributed by atoms with Crippen LogP contribution >= 0.6 is 22.9 Å². The number of halogens is 1. The summed E-state index contributed by atoms with van der Waals surface area (Å²) < 4.78 is 19.0. The van der Waals surface area contributed by atoms with E-state index < -0.39 is 5.97 Å². The van der Waals surface area contributed by atoms with Crippen LogP contribution in [0.4, 0.5) is 0 Å². The SMILES string of the molecule is Cc1cc(C(=O)COC(=O)c2sc3ccccc3c2Cl)c(C)n1-c1ccc2c(c1)OCO2. The zero-order chi connectivity index (χ0) is 22.4. The summed E-state index contributed by atoms with van der Waals surface area (Å²) in [6.45, 7) is 3.60. The Labute approximate surface area is 192 Å². The first-order valence-electron chi connectivity index (χ1n) is 9.90. The van der Waals surface area contributed by atoms with Crippen LogP contribution in [-0.2, 0) is 4.74 Å². The van der Waals surface area contributed by atoms with Gasteiger partial charge in [0.2, 0.25) is 12.6 Å². The molecular weight excluding hydrogens is 450 g/mol. The zero-order valence-corrected chi connectivity index (χ0v) is 18.9. The molecule has 3 heterocycles. The molecule has 0 aliphatic carbocycles. The molecule has 5 rings (SSSR count). The number of hydrogen-bond donors (Lipinski definition) is 0. The second kappa shape index (κ2) is 8.00. The second-order valence-electron chi connectivity index (χ2n) is 7.40. The van der Waals surface area contributed by atoms with Crippen molar-refractivity contribution >= 4 is 44.8 Å². The molecule has 0 amide bonds. The number of rotatable bonds is 5. The fourth-order valence-corrected chi connectivity index (χ4v) is 5.29. The summed E-state index contributed by atoms with van der Waals surface area (Å²) in [4.78, 5) is 25.8. The van der Waals surface area contributed by atoms with E-state index in [4.69, 9.17) is 25.8 Å². The molecule has 0 bridgehead atoms. The number of Topliss-reactive ketones (excluding diaryl/α,β-unsaturated/α-hetero) is 1. The van der Waals surface area contributed by atoms with Crippen LogP contribution in [-0.4, -0.2) is 29.7 Å². The lowest BCUT2D eigenvalue weighted by molar-refractivity contribution is 0.0479. The fourth-order valence-electron chi connectivity index (χ4n) is 3.89. The molecule has 0 saturated carbocycles. The standard InChI is InChI=1S/C24H18ClNO5S/c1-13-9-17(14(2)26(13)15-7-8-19-20(10-15)31-12-30-19)18(27)11-29-24(28)23-22(25)16-5-3-4-6-21(16)32-23/h3-10H,11-12H2,1-2H3. The van der Waals surface area contributed by atoms with Crippen molar-refractivity contribution in [2.45, 2.75) is 13.8 Å². The first kappa shape index (κ1) is 20.6. The maximum absolute atomic E-state index is 12.9. The van der Waals surface area contributed by atoms with Crippen molar-refractivity contribution in [1.82, 2.24) is 4.57 Å². The Morgan fingerprint density at radius 2 is 1.88 bits per heavy atom. The van der Waals surface area contributed by atoms with Gasteiger partial charge in [0, 0.05) is 38.8 Å². The average Bonchev–Trinajstić information content (AvgIpc) is 3.47. The molecule has 0 N–H and O–H groups in total. The summed E-state index contributed by atoms with van der Waals surface area (Å²) in [5, 5.41) is 1.15. The topological polar surface area (TPSA) is 66.8 Å². The molecule has 8 heteroatoms. The fraction of sp³-hybridized carbons (Fsp3) is 0.167. The summed E-state index contributed by atoms with van der Waals surface area (Å²) in [6.07, 6.45) is 0. The highest BCUT2D eigenvalue weighted by Crippen LogP contribution is 2.36. The van der Waals surface area contributed by atoms with Gasteiger partial charge in [-0.2, -0.15) is 0 Å². The highest BCUT2D eigenvalue weighted by atomic mass is 35.5. The van der Waals surface area contributed by atoms with Crippen LogP contribution in [0.5, 0.6) is 11.5 Å². The first-order valence-corrected chi connectivity index (χ1v) is 11.1. The molecule has 0 atom stereocenters. The number of ketones is 1. The predicted octanol–water partition coefficient (Wildman–Crippen LogP) is 5.73. The van der Waals surface area contributed by atoms with Gasteiger partial charge in [-0.3, -0.25) is 4.79 Å². The number of aromatic nitrogens is 1. The van der Waals surface area contributed by atoms with Crippen LogP contribution in [0, 0.1) is 13.8 Å². The molecular formula is C24H18ClNO5S.